The maximum atomic E-state index is 13.4. The van der Waals surface area contributed by atoms with Gasteiger partial charge in [0.2, 0.25) is 0 Å². The Morgan fingerprint density at radius 2 is 1.63 bits per heavy atom. The number of allylic oxidation sites excluding steroid dienone is 1. The number of nitrogens with zero attached hydrogens (tertiary/aromatic N) is 2. The van der Waals surface area contributed by atoms with Crippen LogP contribution in [0.2, 0.25) is 10.0 Å². The summed E-state index contributed by atoms with van der Waals surface area (Å²) in [6, 6.07) is 12.2. The number of carbonyl (C=O) groups is 1. The molecule has 2 aliphatic rings. The van der Waals surface area contributed by atoms with E-state index in [0.717, 1.165) is 10.1 Å². The minimum Gasteiger partial charge on any atom is -0.340 e. The summed E-state index contributed by atoms with van der Waals surface area (Å²) in [4.78, 5) is 39.2. The van der Waals surface area contributed by atoms with Crippen LogP contribution in [0.5, 0.6) is 0 Å². The van der Waals surface area contributed by atoms with Crippen molar-refractivity contribution in [2.45, 2.75) is 5.92 Å². The van der Waals surface area contributed by atoms with Gasteiger partial charge >= 0.3 is 5.69 Å². The predicted octanol–water partition coefficient (Wildman–Crippen LogP) is 3.56. The third-order valence-corrected chi connectivity index (χ3v) is 6.31. The molecule has 1 aromatic heterocycles. The predicted molar refractivity (Wildman–Crippen MR) is 117 cm³/mol. The van der Waals surface area contributed by atoms with Gasteiger partial charge in [0.1, 0.15) is 5.82 Å². The molecule has 0 fully saturated rings. The molecule has 2 heterocycles. The number of benzene rings is 2. The van der Waals surface area contributed by atoms with Gasteiger partial charge in [-0.15, -0.1) is 0 Å². The first kappa shape index (κ1) is 18.9. The summed E-state index contributed by atoms with van der Waals surface area (Å²) in [5, 5.41) is 3.98. The van der Waals surface area contributed by atoms with Crippen LogP contribution in [0.25, 0.3) is 5.70 Å². The maximum absolute atomic E-state index is 13.4. The summed E-state index contributed by atoms with van der Waals surface area (Å²) in [6.07, 6.45) is 0. The Morgan fingerprint density at radius 1 is 0.933 bits per heavy atom. The first-order valence-corrected chi connectivity index (χ1v) is 9.97. The average Bonchev–Trinajstić information content (AvgIpc) is 3.02. The summed E-state index contributed by atoms with van der Waals surface area (Å²) in [7, 11) is 3.00. The van der Waals surface area contributed by atoms with E-state index in [9.17, 15) is 14.4 Å². The zero-order valence-electron chi connectivity index (χ0n) is 16.0. The number of rotatable bonds is 1. The maximum Gasteiger partial charge on any atom is 0.332 e. The molecule has 1 N–H and O–H groups in total. The molecule has 0 unspecified atom stereocenters. The highest BCUT2D eigenvalue weighted by atomic mass is 35.5. The third kappa shape index (κ3) is 2.41. The van der Waals surface area contributed by atoms with Gasteiger partial charge in [-0.2, -0.15) is 0 Å². The lowest BCUT2D eigenvalue weighted by Crippen LogP contribution is -2.42. The molecule has 0 saturated heterocycles. The fourth-order valence-corrected chi connectivity index (χ4v) is 4.82. The fraction of sp³-hybridized carbons (Fsp3) is 0.136. The van der Waals surface area contributed by atoms with Gasteiger partial charge in [0.15, 0.2) is 5.78 Å². The molecule has 1 atom stereocenters. The zero-order chi connectivity index (χ0) is 21.3. The van der Waals surface area contributed by atoms with Gasteiger partial charge in [0, 0.05) is 40.8 Å². The molecule has 3 aromatic rings. The Bertz CT molecular complexity index is 1430. The number of carbonyl (C=O) groups excluding carboxylic acids is 1. The van der Waals surface area contributed by atoms with E-state index in [4.69, 9.17) is 23.2 Å². The second-order valence-electron chi connectivity index (χ2n) is 7.36. The highest BCUT2D eigenvalue weighted by Gasteiger charge is 2.43. The Labute approximate surface area is 181 Å². The van der Waals surface area contributed by atoms with Crippen LogP contribution >= 0.6 is 23.2 Å². The van der Waals surface area contributed by atoms with E-state index in [2.05, 4.69) is 5.32 Å². The minimum atomic E-state index is -0.744. The van der Waals surface area contributed by atoms with Crippen LogP contribution in [-0.4, -0.2) is 14.9 Å². The van der Waals surface area contributed by atoms with Crippen LogP contribution in [0, 0.1) is 0 Å². The van der Waals surface area contributed by atoms with Gasteiger partial charge in [-0.3, -0.25) is 18.7 Å². The molecule has 0 spiro atoms. The third-order valence-electron chi connectivity index (χ3n) is 5.75. The van der Waals surface area contributed by atoms with Crippen molar-refractivity contribution in [3.8, 4) is 0 Å². The largest absolute Gasteiger partial charge is 0.340 e. The lowest BCUT2D eigenvalue weighted by Gasteiger charge is -2.30. The van der Waals surface area contributed by atoms with Gasteiger partial charge in [-0.1, -0.05) is 53.5 Å². The van der Waals surface area contributed by atoms with Crippen molar-refractivity contribution >= 4 is 40.5 Å². The molecule has 1 aliphatic carbocycles. The van der Waals surface area contributed by atoms with E-state index in [1.54, 1.807) is 37.4 Å². The first-order valence-electron chi connectivity index (χ1n) is 9.21. The van der Waals surface area contributed by atoms with Crippen molar-refractivity contribution in [3.63, 3.8) is 0 Å². The van der Waals surface area contributed by atoms with Gasteiger partial charge in [0.25, 0.3) is 5.56 Å². The molecule has 2 aromatic carbocycles. The minimum absolute atomic E-state index is 0.175. The highest BCUT2D eigenvalue weighted by Crippen LogP contribution is 2.49. The lowest BCUT2D eigenvalue weighted by molar-refractivity contribution is 0.103. The Balaban J connectivity index is 1.91. The first-order chi connectivity index (χ1) is 14.3. The Kier molecular flexibility index (Phi) is 4.07. The standard InChI is InChI=1S/C22H15Cl2N3O3/c1-26-20-17(21(29)27(2)22(26)30)15(13-8-7-10(23)9-14(13)24)16-18(25-20)11-5-3-4-6-12(11)19(16)28/h3-9,15,25H,1-2H3/t15-/m0/s1. The topological polar surface area (TPSA) is 73.1 Å². The van der Waals surface area contributed by atoms with Crippen molar-refractivity contribution in [1.82, 2.24) is 9.13 Å². The summed E-state index contributed by atoms with van der Waals surface area (Å²) in [6.45, 7) is 0. The number of Topliss-reactive ketones (excluding diaryl/α,β-unsaturated/α-hetero) is 1. The molecule has 0 saturated carbocycles. The van der Waals surface area contributed by atoms with Crippen molar-refractivity contribution in [2.75, 3.05) is 5.32 Å². The average molecular weight is 440 g/mol. The molecule has 1 aliphatic heterocycles. The SMILES string of the molecule is Cn1c2c(c(=O)n(C)c1=O)[C@@H](c1ccc(Cl)cc1Cl)C1=C(N2)c2ccccc2C1=O. The summed E-state index contributed by atoms with van der Waals surface area (Å²) < 4.78 is 2.41. The molecule has 0 amide bonds. The van der Waals surface area contributed by atoms with Gasteiger partial charge in [0.05, 0.1) is 17.2 Å². The molecule has 5 rings (SSSR count). The van der Waals surface area contributed by atoms with Gasteiger partial charge in [-0.05, 0) is 17.7 Å². The summed E-state index contributed by atoms with van der Waals surface area (Å²) in [5.74, 6) is -0.570. The van der Waals surface area contributed by atoms with Crippen LogP contribution in [0.1, 0.15) is 33.0 Å². The zero-order valence-corrected chi connectivity index (χ0v) is 17.5. The summed E-state index contributed by atoms with van der Waals surface area (Å²) in [5.41, 5.74) is 2.22. The second-order valence-corrected chi connectivity index (χ2v) is 8.20. The Hall–Kier alpha value is -3.09. The quantitative estimate of drug-likeness (QED) is 0.628. The van der Waals surface area contributed by atoms with Crippen LogP contribution in [0.4, 0.5) is 5.82 Å². The normalized spacial score (nSPS) is 16.8. The van der Waals surface area contributed by atoms with E-state index in [-0.39, 0.29) is 5.78 Å². The molecule has 0 bridgehead atoms. The Morgan fingerprint density at radius 3 is 2.33 bits per heavy atom. The van der Waals surface area contributed by atoms with Crippen LogP contribution < -0.4 is 16.6 Å². The monoisotopic (exact) mass is 439 g/mol. The fourth-order valence-electron chi connectivity index (χ4n) is 4.30. The van der Waals surface area contributed by atoms with E-state index < -0.39 is 17.2 Å². The molecular weight excluding hydrogens is 425 g/mol. The van der Waals surface area contributed by atoms with Crippen LogP contribution in [0.3, 0.4) is 0 Å². The number of anilines is 1. The molecular formula is C22H15Cl2N3O3. The van der Waals surface area contributed by atoms with Gasteiger partial charge in [-0.25, -0.2) is 4.79 Å². The number of halogens is 2. The molecule has 8 heteroatoms. The van der Waals surface area contributed by atoms with Crippen molar-refractivity contribution in [1.29, 1.82) is 0 Å². The van der Waals surface area contributed by atoms with Crippen molar-refractivity contribution in [3.05, 3.63) is 101 Å². The number of nitrogens with one attached hydrogen (secondary N) is 1. The highest BCUT2D eigenvalue weighted by molar-refractivity contribution is 6.35. The van der Waals surface area contributed by atoms with E-state index in [1.807, 2.05) is 12.1 Å². The van der Waals surface area contributed by atoms with E-state index in [1.165, 1.54) is 11.6 Å². The number of fused-ring (bicyclic) bond motifs is 3. The number of hydrogen-bond acceptors (Lipinski definition) is 4. The van der Waals surface area contributed by atoms with E-state index >= 15 is 0 Å². The van der Waals surface area contributed by atoms with Gasteiger partial charge < -0.3 is 5.32 Å². The number of ketones is 1. The van der Waals surface area contributed by atoms with Crippen LogP contribution in [-0.2, 0) is 14.1 Å². The second kappa shape index (κ2) is 6.45. The summed E-state index contributed by atoms with van der Waals surface area (Å²) >= 11 is 12.6. The molecule has 6 nitrogen and oxygen atoms in total. The molecule has 30 heavy (non-hydrogen) atoms. The van der Waals surface area contributed by atoms with Crippen molar-refractivity contribution < 1.29 is 4.79 Å². The number of aromatic nitrogens is 2. The van der Waals surface area contributed by atoms with Crippen LogP contribution in [0.15, 0.2) is 57.6 Å². The lowest BCUT2D eigenvalue weighted by atomic mass is 9.81. The number of hydrogen-bond donors (Lipinski definition) is 1. The molecule has 150 valence electrons. The smallest absolute Gasteiger partial charge is 0.332 e. The van der Waals surface area contributed by atoms with Crippen molar-refractivity contribution in [2.24, 2.45) is 14.1 Å². The molecule has 0 radical (unpaired) electrons. The van der Waals surface area contributed by atoms with E-state index in [0.29, 0.717) is 43.8 Å².